The third kappa shape index (κ3) is 3.21. The summed E-state index contributed by atoms with van der Waals surface area (Å²) in [4.78, 5) is 28.3. The maximum Gasteiger partial charge on any atom is 0.325 e. The van der Waals surface area contributed by atoms with Crippen LogP contribution in [0.2, 0.25) is 0 Å². The minimum absolute atomic E-state index is 0.00988. The number of nitrogens with zero attached hydrogens (tertiary/aromatic N) is 4. The van der Waals surface area contributed by atoms with E-state index in [2.05, 4.69) is 15.4 Å². The van der Waals surface area contributed by atoms with Crippen molar-refractivity contribution in [2.45, 2.75) is 31.7 Å². The largest absolute Gasteiger partial charge is 0.480 e. The molecule has 0 aromatic carbocycles. The third-order valence-electron chi connectivity index (χ3n) is 3.26. The minimum Gasteiger partial charge on any atom is -0.480 e. The molecule has 2 rings (SSSR count). The zero-order chi connectivity index (χ0) is 13.8. The number of anilines is 1. The molecule has 1 aromatic rings. The molecule has 0 unspecified atom stereocenters. The van der Waals surface area contributed by atoms with Crippen molar-refractivity contribution in [3.8, 4) is 0 Å². The van der Waals surface area contributed by atoms with Crippen LogP contribution in [0.25, 0.3) is 0 Å². The molecular formula is C11H17N5O3. The van der Waals surface area contributed by atoms with Gasteiger partial charge in [0.2, 0.25) is 5.95 Å². The number of carbonyl (C=O) groups is 2. The van der Waals surface area contributed by atoms with Gasteiger partial charge in [-0.25, -0.2) is 9.48 Å². The van der Waals surface area contributed by atoms with E-state index < -0.39 is 12.0 Å². The summed E-state index contributed by atoms with van der Waals surface area (Å²) in [6, 6.07) is -0.449. The van der Waals surface area contributed by atoms with Crippen LogP contribution in [0.1, 0.15) is 25.7 Å². The lowest BCUT2D eigenvalue weighted by Gasteiger charge is -2.27. The number of hydrogen-bond acceptors (Lipinski definition) is 4. The molecule has 0 saturated heterocycles. The van der Waals surface area contributed by atoms with Crippen molar-refractivity contribution in [3.63, 3.8) is 0 Å². The van der Waals surface area contributed by atoms with E-state index in [9.17, 15) is 9.59 Å². The van der Waals surface area contributed by atoms with Gasteiger partial charge < -0.3 is 10.0 Å². The number of rotatable bonds is 4. The van der Waals surface area contributed by atoms with Crippen LogP contribution >= 0.6 is 0 Å². The molecule has 1 fully saturated rings. The molecule has 2 N–H and O–H groups in total. The summed E-state index contributed by atoms with van der Waals surface area (Å²) in [5.74, 6) is -0.710. The highest BCUT2D eigenvalue weighted by Crippen LogP contribution is 2.23. The molecule has 19 heavy (non-hydrogen) atoms. The smallest absolute Gasteiger partial charge is 0.325 e. The quantitative estimate of drug-likeness (QED) is 0.835. The number of nitrogens with one attached hydrogen (secondary N) is 1. The molecule has 1 aliphatic carbocycles. The molecule has 1 heterocycles. The maximum absolute atomic E-state index is 12.2. The Morgan fingerprint density at radius 1 is 1.53 bits per heavy atom. The van der Waals surface area contributed by atoms with Crippen LogP contribution in [0.5, 0.6) is 0 Å². The molecule has 8 nitrogen and oxygen atoms in total. The SMILES string of the molecule is Cn1ncnc1NC(=O)N(CC(=O)O)C1CCCC1. The number of amides is 2. The van der Waals surface area contributed by atoms with Gasteiger partial charge in [-0.15, -0.1) is 0 Å². The Balaban J connectivity index is 2.06. The van der Waals surface area contributed by atoms with E-state index >= 15 is 0 Å². The van der Waals surface area contributed by atoms with Gasteiger partial charge in [-0.2, -0.15) is 10.1 Å². The van der Waals surface area contributed by atoms with Gasteiger partial charge in [-0.05, 0) is 12.8 Å². The first kappa shape index (κ1) is 13.3. The first-order chi connectivity index (χ1) is 9.08. The second kappa shape index (κ2) is 5.68. The third-order valence-corrected chi connectivity index (χ3v) is 3.26. The standard InChI is InChI=1S/C11H17N5O3/c1-15-10(12-7-13-15)14-11(19)16(6-9(17)18)8-4-2-3-5-8/h7-8H,2-6H2,1H3,(H,17,18)(H,12,13,14,19). The lowest BCUT2D eigenvalue weighted by atomic mass is 10.2. The fourth-order valence-corrected chi connectivity index (χ4v) is 2.31. The maximum atomic E-state index is 12.2. The van der Waals surface area contributed by atoms with Gasteiger partial charge in [0.05, 0.1) is 0 Å². The lowest BCUT2D eigenvalue weighted by Crippen LogP contribution is -2.45. The second-order valence-corrected chi connectivity index (χ2v) is 4.60. The van der Waals surface area contributed by atoms with Crippen LogP contribution in [0, 0.1) is 0 Å². The van der Waals surface area contributed by atoms with E-state index in [-0.39, 0.29) is 12.6 Å². The van der Waals surface area contributed by atoms with Gasteiger partial charge in [0, 0.05) is 13.1 Å². The van der Waals surface area contributed by atoms with Crippen LogP contribution in [-0.4, -0.2) is 49.4 Å². The predicted octanol–water partition coefficient (Wildman–Crippen LogP) is 0.676. The Morgan fingerprint density at radius 2 is 2.21 bits per heavy atom. The Morgan fingerprint density at radius 3 is 2.74 bits per heavy atom. The van der Waals surface area contributed by atoms with E-state index in [0.29, 0.717) is 5.95 Å². The molecule has 1 aromatic heterocycles. The molecule has 1 saturated carbocycles. The first-order valence-electron chi connectivity index (χ1n) is 6.21. The summed E-state index contributed by atoms with van der Waals surface area (Å²) < 4.78 is 1.42. The predicted molar refractivity (Wildman–Crippen MR) is 66.6 cm³/mol. The number of aliphatic carboxylic acids is 1. The van der Waals surface area contributed by atoms with Crippen molar-refractivity contribution < 1.29 is 14.7 Å². The molecule has 0 bridgehead atoms. The minimum atomic E-state index is -1.01. The first-order valence-corrected chi connectivity index (χ1v) is 6.21. The Hall–Kier alpha value is -2.12. The normalized spacial score (nSPS) is 15.4. The molecule has 0 aliphatic heterocycles. The summed E-state index contributed by atoms with van der Waals surface area (Å²) in [6.45, 7) is -0.297. The molecule has 1 aliphatic rings. The highest BCUT2D eigenvalue weighted by Gasteiger charge is 2.28. The van der Waals surface area contributed by atoms with Crippen molar-refractivity contribution in [2.75, 3.05) is 11.9 Å². The van der Waals surface area contributed by atoms with Gasteiger partial charge in [-0.1, -0.05) is 12.8 Å². The van der Waals surface area contributed by atoms with Crippen LogP contribution < -0.4 is 5.32 Å². The zero-order valence-corrected chi connectivity index (χ0v) is 10.7. The van der Waals surface area contributed by atoms with Crippen molar-refractivity contribution >= 4 is 17.9 Å². The van der Waals surface area contributed by atoms with E-state index in [1.54, 1.807) is 7.05 Å². The van der Waals surface area contributed by atoms with E-state index in [1.165, 1.54) is 15.9 Å². The second-order valence-electron chi connectivity index (χ2n) is 4.60. The average Bonchev–Trinajstić information content (AvgIpc) is 2.98. The van der Waals surface area contributed by atoms with E-state index in [0.717, 1.165) is 25.7 Å². The van der Waals surface area contributed by atoms with Crippen LogP contribution in [0.15, 0.2) is 6.33 Å². The van der Waals surface area contributed by atoms with Gasteiger partial charge >= 0.3 is 12.0 Å². The number of carbonyl (C=O) groups excluding carboxylic acids is 1. The Kier molecular flexibility index (Phi) is 3.98. The van der Waals surface area contributed by atoms with Crippen LogP contribution in [-0.2, 0) is 11.8 Å². The van der Waals surface area contributed by atoms with Gasteiger partial charge in [0.15, 0.2) is 0 Å². The summed E-state index contributed by atoms with van der Waals surface area (Å²) >= 11 is 0. The molecular weight excluding hydrogens is 250 g/mol. The highest BCUT2D eigenvalue weighted by atomic mass is 16.4. The molecule has 0 atom stereocenters. The van der Waals surface area contributed by atoms with Crippen molar-refractivity contribution in [2.24, 2.45) is 7.05 Å². The van der Waals surface area contributed by atoms with Crippen molar-refractivity contribution in [1.82, 2.24) is 19.7 Å². The number of aryl methyl sites for hydroxylation is 1. The van der Waals surface area contributed by atoms with Crippen LogP contribution in [0.3, 0.4) is 0 Å². The molecule has 8 heteroatoms. The Labute approximate surface area is 110 Å². The average molecular weight is 267 g/mol. The summed E-state index contributed by atoms with van der Waals surface area (Å²) in [5.41, 5.74) is 0. The van der Waals surface area contributed by atoms with Crippen molar-refractivity contribution in [3.05, 3.63) is 6.33 Å². The van der Waals surface area contributed by atoms with Gasteiger partial charge in [0.25, 0.3) is 0 Å². The molecule has 0 spiro atoms. The fraction of sp³-hybridized carbons (Fsp3) is 0.636. The van der Waals surface area contributed by atoms with E-state index in [1.807, 2.05) is 0 Å². The number of urea groups is 1. The lowest BCUT2D eigenvalue weighted by molar-refractivity contribution is -0.138. The summed E-state index contributed by atoms with van der Waals surface area (Å²) in [6.07, 6.45) is 5.07. The number of aromatic nitrogens is 3. The highest BCUT2D eigenvalue weighted by molar-refractivity contribution is 5.90. The number of carboxylic acid groups (broad SMARTS) is 1. The summed E-state index contributed by atoms with van der Waals surface area (Å²) in [5, 5.41) is 15.3. The molecule has 104 valence electrons. The fourth-order valence-electron chi connectivity index (χ4n) is 2.31. The van der Waals surface area contributed by atoms with Crippen LogP contribution in [0.4, 0.5) is 10.7 Å². The van der Waals surface area contributed by atoms with Crippen molar-refractivity contribution in [1.29, 1.82) is 0 Å². The summed E-state index contributed by atoms with van der Waals surface area (Å²) in [7, 11) is 1.65. The zero-order valence-electron chi connectivity index (χ0n) is 10.7. The monoisotopic (exact) mass is 267 g/mol. The topological polar surface area (TPSA) is 100 Å². The van der Waals surface area contributed by atoms with E-state index in [4.69, 9.17) is 5.11 Å². The molecule has 2 amide bonds. The Bertz CT molecular complexity index is 467. The molecule has 0 radical (unpaired) electrons. The number of hydrogen-bond donors (Lipinski definition) is 2. The van der Waals surface area contributed by atoms with Gasteiger partial charge in [-0.3, -0.25) is 10.1 Å². The van der Waals surface area contributed by atoms with Gasteiger partial charge in [0.1, 0.15) is 12.9 Å². The number of carboxylic acids is 1.